The molecule has 21 heavy (non-hydrogen) atoms. The summed E-state index contributed by atoms with van der Waals surface area (Å²) in [5.74, 6) is -5.27. The number of halogens is 3. The molecular weight excluding hydrogens is 293 g/mol. The summed E-state index contributed by atoms with van der Waals surface area (Å²) in [6.07, 6.45) is -0.629. The van der Waals surface area contributed by atoms with E-state index in [-0.39, 0.29) is 0 Å². The van der Waals surface area contributed by atoms with Crippen LogP contribution in [0.25, 0.3) is 0 Å². The lowest BCUT2D eigenvalue weighted by Crippen LogP contribution is -2.43. The van der Waals surface area contributed by atoms with Gasteiger partial charge in [0, 0.05) is 18.7 Å². The Bertz CT molecular complexity index is 564. The molecule has 0 saturated heterocycles. The highest BCUT2D eigenvalue weighted by Crippen LogP contribution is 2.19. The number of amides is 2. The fourth-order valence-electron chi connectivity index (χ4n) is 1.47. The topological polar surface area (TPSA) is 98.7 Å². The highest BCUT2D eigenvalue weighted by atomic mass is 19.2. The third kappa shape index (κ3) is 5.30. The summed E-state index contributed by atoms with van der Waals surface area (Å²) in [5, 5.41) is 22.1. The Labute approximate surface area is 117 Å². The minimum Gasteiger partial charge on any atom is -0.481 e. The Hall–Kier alpha value is -2.29. The smallest absolute Gasteiger partial charge is 0.319 e. The zero-order valence-electron chi connectivity index (χ0n) is 10.9. The summed E-state index contributed by atoms with van der Waals surface area (Å²) in [6, 6.07) is -0.159. The van der Waals surface area contributed by atoms with Crippen molar-refractivity contribution in [2.24, 2.45) is 0 Å². The van der Waals surface area contributed by atoms with E-state index < -0.39 is 53.7 Å². The van der Waals surface area contributed by atoms with Crippen molar-refractivity contribution < 1.29 is 33.0 Å². The molecule has 0 heterocycles. The van der Waals surface area contributed by atoms with Crippen molar-refractivity contribution >= 4 is 17.7 Å². The second-order valence-electron chi connectivity index (χ2n) is 4.62. The quantitative estimate of drug-likeness (QED) is 0.619. The molecule has 9 heteroatoms. The SMILES string of the molecule is CC(O)(CNC(=O)Nc1cc(F)cc(F)c1F)CC(=O)O. The molecule has 0 aliphatic carbocycles. The summed E-state index contributed by atoms with van der Waals surface area (Å²) < 4.78 is 39.1. The van der Waals surface area contributed by atoms with Crippen LogP contribution in [0, 0.1) is 17.5 Å². The molecule has 4 N–H and O–H groups in total. The molecule has 1 rings (SSSR count). The first-order chi connectivity index (χ1) is 9.60. The van der Waals surface area contributed by atoms with Crippen molar-refractivity contribution in [1.82, 2.24) is 5.32 Å². The van der Waals surface area contributed by atoms with Gasteiger partial charge in [-0.05, 0) is 6.92 Å². The first-order valence-electron chi connectivity index (χ1n) is 5.74. The van der Waals surface area contributed by atoms with Gasteiger partial charge in [-0.25, -0.2) is 18.0 Å². The van der Waals surface area contributed by atoms with Crippen LogP contribution in [0.2, 0.25) is 0 Å². The molecule has 0 fully saturated rings. The number of benzene rings is 1. The van der Waals surface area contributed by atoms with Crippen molar-refractivity contribution in [2.75, 3.05) is 11.9 Å². The van der Waals surface area contributed by atoms with Crippen LogP contribution in [0.3, 0.4) is 0 Å². The van der Waals surface area contributed by atoms with Gasteiger partial charge in [0.15, 0.2) is 11.6 Å². The molecule has 1 aromatic carbocycles. The molecule has 1 aromatic rings. The molecule has 116 valence electrons. The number of aliphatic carboxylic acids is 1. The van der Waals surface area contributed by atoms with Gasteiger partial charge < -0.3 is 20.8 Å². The number of urea groups is 1. The molecule has 0 aromatic heterocycles. The fourth-order valence-corrected chi connectivity index (χ4v) is 1.47. The molecule has 0 bridgehead atoms. The number of carbonyl (C=O) groups is 2. The standard InChI is InChI=1S/C12H13F3N2O4/c1-12(21,4-9(18)19)5-16-11(20)17-8-3-6(13)2-7(14)10(8)15/h2-3,21H,4-5H2,1H3,(H,18,19)(H2,16,17,20). The Morgan fingerprint density at radius 3 is 2.48 bits per heavy atom. The average molecular weight is 306 g/mol. The van der Waals surface area contributed by atoms with Crippen LogP contribution < -0.4 is 10.6 Å². The molecule has 1 unspecified atom stereocenters. The summed E-state index contributed by atoms with van der Waals surface area (Å²) in [4.78, 5) is 21.9. The predicted molar refractivity (Wildman–Crippen MR) is 66.2 cm³/mol. The summed E-state index contributed by atoms with van der Waals surface area (Å²) in [6.45, 7) is 0.717. The fraction of sp³-hybridized carbons (Fsp3) is 0.333. The maximum Gasteiger partial charge on any atom is 0.319 e. The molecule has 2 amide bonds. The molecule has 0 spiro atoms. The third-order valence-electron chi connectivity index (χ3n) is 2.40. The number of anilines is 1. The van der Waals surface area contributed by atoms with E-state index in [2.05, 4.69) is 5.32 Å². The van der Waals surface area contributed by atoms with Crippen LogP contribution in [-0.4, -0.2) is 34.4 Å². The number of carboxylic acids is 1. The van der Waals surface area contributed by atoms with Crippen LogP contribution in [-0.2, 0) is 4.79 Å². The maximum absolute atomic E-state index is 13.3. The zero-order chi connectivity index (χ0) is 16.2. The second kappa shape index (κ2) is 6.44. The number of rotatable bonds is 5. The van der Waals surface area contributed by atoms with E-state index in [4.69, 9.17) is 5.11 Å². The number of carbonyl (C=O) groups excluding carboxylic acids is 1. The van der Waals surface area contributed by atoms with Crippen LogP contribution >= 0.6 is 0 Å². The number of nitrogens with one attached hydrogen (secondary N) is 2. The average Bonchev–Trinajstić information content (AvgIpc) is 2.31. The van der Waals surface area contributed by atoms with Gasteiger partial charge in [0.25, 0.3) is 0 Å². The van der Waals surface area contributed by atoms with Crippen molar-refractivity contribution in [3.63, 3.8) is 0 Å². The second-order valence-corrected chi connectivity index (χ2v) is 4.62. The first-order valence-corrected chi connectivity index (χ1v) is 5.74. The van der Waals surface area contributed by atoms with E-state index in [0.29, 0.717) is 12.1 Å². The van der Waals surface area contributed by atoms with E-state index in [9.17, 15) is 27.9 Å². The highest BCUT2D eigenvalue weighted by Gasteiger charge is 2.25. The monoisotopic (exact) mass is 306 g/mol. The summed E-state index contributed by atoms with van der Waals surface area (Å²) >= 11 is 0. The van der Waals surface area contributed by atoms with E-state index in [1.165, 1.54) is 6.92 Å². The number of carboxylic acid groups (broad SMARTS) is 1. The predicted octanol–water partition coefficient (Wildman–Crippen LogP) is 1.45. The Morgan fingerprint density at radius 2 is 1.90 bits per heavy atom. The Morgan fingerprint density at radius 1 is 1.29 bits per heavy atom. The minimum absolute atomic E-state index is 0.316. The Balaban J connectivity index is 2.65. The van der Waals surface area contributed by atoms with Gasteiger partial charge in [-0.1, -0.05) is 0 Å². The molecular formula is C12H13F3N2O4. The number of aliphatic hydroxyl groups is 1. The van der Waals surface area contributed by atoms with Crippen molar-refractivity contribution in [2.45, 2.75) is 18.9 Å². The highest BCUT2D eigenvalue weighted by molar-refractivity contribution is 5.89. The van der Waals surface area contributed by atoms with Gasteiger partial charge in [-0.15, -0.1) is 0 Å². The molecule has 0 saturated carbocycles. The van der Waals surface area contributed by atoms with Gasteiger partial charge in [0.05, 0.1) is 17.7 Å². The lowest BCUT2D eigenvalue weighted by Gasteiger charge is -2.21. The lowest BCUT2D eigenvalue weighted by atomic mass is 10.0. The molecule has 1 atom stereocenters. The van der Waals surface area contributed by atoms with Gasteiger partial charge in [-0.2, -0.15) is 0 Å². The van der Waals surface area contributed by atoms with Crippen LogP contribution in [0.5, 0.6) is 0 Å². The van der Waals surface area contributed by atoms with Gasteiger partial charge in [-0.3, -0.25) is 4.79 Å². The molecule has 0 radical (unpaired) electrons. The van der Waals surface area contributed by atoms with E-state index >= 15 is 0 Å². The molecule has 6 nitrogen and oxygen atoms in total. The summed E-state index contributed by atoms with van der Waals surface area (Å²) in [5.41, 5.74) is -2.45. The molecule has 0 aliphatic rings. The van der Waals surface area contributed by atoms with Crippen LogP contribution in [0.4, 0.5) is 23.7 Å². The van der Waals surface area contributed by atoms with Crippen molar-refractivity contribution in [3.05, 3.63) is 29.6 Å². The normalized spacial score (nSPS) is 13.4. The zero-order valence-corrected chi connectivity index (χ0v) is 10.9. The van der Waals surface area contributed by atoms with Crippen LogP contribution in [0.1, 0.15) is 13.3 Å². The van der Waals surface area contributed by atoms with Crippen LogP contribution in [0.15, 0.2) is 12.1 Å². The van der Waals surface area contributed by atoms with E-state index in [0.717, 1.165) is 0 Å². The minimum atomic E-state index is -1.73. The number of hydrogen-bond acceptors (Lipinski definition) is 3. The largest absolute Gasteiger partial charge is 0.481 e. The van der Waals surface area contributed by atoms with Crippen molar-refractivity contribution in [1.29, 1.82) is 0 Å². The number of hydrogen-bond donors (Lipinski definition) is 4. The first kappa shape index (κ1) is 16.8. The van der Waals surface area contributed by atoms with Gasteiger partial charge in [0.1, 0.15) is 5.82 Å². The van der Waals surface area contributed by atoms with Crippen molar-refractivity contribution in [3.8, 4) is 0 Å². The van der Waals surface area contributed by atoms with E-state index in [1.54, 1.807) is 0 Å². The summed E-state index contributed by atoms with van der Waals surface area (Å²) in [7, 11) is 0. The van der Waals surface area contributed by atoms with E-state index in [1.807, 2.05) is 5.32 Å². The van der Waals surface area contributed by atoms with Gasteiger partial charge >= 0.3 is 12.0 Å². The third-order valence-corrected chi connectivity index (χ3v) is 2.40. The lowest BCUT2D eigenvalue weighted by molar-refractivity contribution is -0.141. The Kier molecular flexibility index (Phi) is 5.14. The maximum atomic E-state index is 13.3. The molecule has 0 aliphatic heterocycles. The van der Waals surface area contributed by atoms with Gasteiger partial charge in [0.2, 0.25) is 0 Å².